The molecule has 0 aliphatic carbocycles. The lowest BCUT2D eigenvalue weighted by Gasteiger charge is -2.26. The van der Waals surface area contributed by atoms with Gasteiger partial charge in [0.2, 0.25) is 5.91 Å². The van der Waals surface area contributed by atoms with Gasteiger partial charge in [0.05, 0.1) is 6.04 Å². The molecule has 3 rings (SSSR count). The number of aryl methyl sites for hydroxylation is 2. The van der Waals surface area contributed by atoms with Crippen molar-refractivity contribution in [2.75, 3.05) is 6.54 Å². The van der Waals surface area contributed by atoms with Gasteiger partial charge in [-0.2, -0.15) is 0 Å². The van der Waals surface area contributed by atoms with Gasteiger partial charge >= 0.3 is 5.69 Å². The van der Waals surface area contributed by atoms with E-state index in [-0.39, 0.29) is 18.5 Å². The van der Waals surface area contributed by atoms with Crippen molar-refractivity contribution in [3.05, 3.63) is 68.0 Å². The molecule has 1 amide bonds. The number of aromatic amines is 1. The van der Waals surface area contributed by atoms with Crippen LogP contribution < -0.4 is 11.2 Å². The molecular weight excluding hydrogens is 306 g/mol. The summed E-state index contributed by atoms with van der Waals surface area (Å²) in [6.07, 6.45) is 3.23. The standard InChI is InChI=1S/C18H21N3O3/c1-12-5-6-14(10-13(12)2)15-4-3-8-21(15)17(23)11-20-9-7-16(22)19-18(20)24/h5-7,9-10,15H,3-4,8,11H2,1-2H3,(H,19,22,24)/t15-/m1/s1. The fourth-order valence-corrected chi connectivity index (χ4v) is 3.19. The van der Waals surface area contributed by atoms with E-state index in [1.807, 2.05) is 4.90 Å². The van der Waals surface area contributed by atoms with Crippen LogP contribution in [0.25, 0.3) is 0 Å². The van der Waals surface area contributed by atoms with E-state index in [0.717, 1.165) is 18.4 Å². The van der Waals surface area contributed by atoms with E-state index in [1.165, 1.54) is 28.0 Å². The zero-order valence-electron chi connectivity index (χ0n) is 13.9. The molecule has 1 atom stereocenters. The van der Waals surface area contributed by atoms with Crippen molar-refractivity contribution in [2.45, 2.75) is 39.3 Å². The van der Waals surface area contributed by atoms with Crippen LogP contribution in [0.15, 0.2) is 40.1 Å². The van der Waals surface area contributed by atoms with Gasteiger partial charge in [0.25, 0.3) is 5.56 Å². The van der Waals surface area contributed by atoms with Gasteiger partial charge in [0.15, 0.2) is 0 Å². The summed E-state index contributed by atoms with van der Waals surface area (Å²) in [5.74, 6) is -0.107. The molecule has 0 saturated carbocycles. The molecule has 0 unspecified atom stereocenters. The Morgan fingerprint density at radius 2 is 2.00 bits per heavy atom. The first-order valence-corrected chi connectivity index (χ1v) is 8.12. The Hall–Kier alpha value is -2.63. The summed E-state index contributed by atoms with van der Waals surface area (Å²) >= 11 is 0. The molecule has 1 aromatic heterocycles. The van der Waals surface area contributed by atoms with Crippen LogP contribution in [0.4, 0.5) is 0 Å². The predicted molar refractivity (Wildman–Crippen MR) is 90.9 cm³/mol. The van der Waals surface area contributed by atoms with E-state index in [4.69, 9.17) is 0 Å². The topological polar surface area (TPSA) is 75.2 Å². The van der Waals surface area contributed by atoms with Gasteiger partial charge in [-0.1, -0.05) is 18.2 Å². The quantitative estimate of drug-likeness (QED) is 0.929. The van der Waals surface area contributed by atoms with Gasteiger partial charge in [-0.3, -0.25) is 19.1 Å². The molecule has 1 aromatic carbocycles. The van der Waals surface area contributed by atoms with Gasteiger partial charge in [0.1, 0.15) is 6.54 Å². The minimum absolute atomic E-state index is 0.0512. The van der Waals surface area contributed by atoms with Crippen LogP contribution >= 0.6 is 0 Å². The first-order chi connectivity index (χ1) is 11.5. The Bertz CT molecular complexity index is 882. The monoisotopic (exact) mass is 327 g/mol. The van der Waals surface area contributed by atoms with Crippen LogP contribution in [0.5, 0.6) is 0 Å². The lowest BCUT2D eigenvalue weighted by molar-refractivity contribution is -0.132. The van der Waals surface area contributed by atoms with Crippen LogP contribution in [-0.4, -0.2) is 26.9 Å². The van der Waals surface area contributed by atoms with Crippen molar-refractivity contribution in [1.29, 1.82) is 0 Å². The van der Waals surface area contributed by atoms with E-state index >= 15 is 0 Å². The Balaban J connectivity index is 1.81. The minimum Gasteiger partial charge on any atom is -0.334 e. The van der Waals surface area contributed by atoms with E-state index in [0.29, 0.717) is 6.54 Å². The lowest BCUT2D eigenvalue weighted by Crippen LogP contribution is -2.38. The molecule has 0 bridgehead atoms. The molecule has 2 heterocycles. The number of nitrogens with zero attached hydrogens (tertiary/aromatic N) is 2. The van der Waals surface area contributed by atoms with E-state index in [1.54, 1.807) is 0 Å². The summed E-state index contributed by atoms with van der Waals surface area (Å²) in [5.41, 5.74) is 2.56. The average molecular weight is 327 g/mol. The lowest BCUT2D eigenvalue weighted by atomic mass is 9.99. The van der Waals surface area contributed by atoms with Crippen molar-refractivity contribution in [1.82, 2.24) is 14.5 Å². The number of carbonyl (C=O) groups is 1. The summed E-state index contributed by atoms with van der Waals surface area (Å²) in [6.45, 7) is 4.77. The second kappa shape index (κ2) is 6.47. The second-order valence-corrected chi connectivity index (χ2v) is 6.33. The van der Waals surface area contributed by atoms with Crippen LogP contribution in [0.3, 0.4) is 0 Å². The van der Waals surface area contributed by atoms with Crippen molar-refractivity contribution in [3.63, 3.8) is 0 Å². The smallest absolute Gasteiger partial charge is 0.328 e. The molecule has 6 nitrogen and oxygen atoms in total. The first-order valence-electron chi connectivity index (χ1n) is 8.12. The third-order valence-corrected chi connectivity index (χ3v) is 4.69. The average Bonchev–Trinajstić information content (AvgIpc) is 3.02. The fraction of sp³-hybridized carbons (Fsp3) is 0.389. The summed E-state index contributed by atoms with van der Waals surface area (Å²) in [4.78, 5) is 39.5. The van der Waals surface area contributed by atoms with Gasteiger partial charge < -0.3 is 4.90 Å². The number of carbonyl (C=O) groups excluding carboxylic acids is 1. The molecule has 1 aliphatic rings. The van der Waals surface area contributed by atoms with Crippen LogP contribution in [0.2, 0.25) is 0 Å². The first kappa shape index (κ1) is 16.2. The SMILES string of the molecule is Cc1ccc([C@H]2CCCN2C(=O)Cn2ccc(=O)[nH]c2=O)cc1C. The molecule has 0 spiro atoms. The maximum atomic E-state index is 12.7. The zero-order chi connectivity index (χ0) is 17.3. The fourth-order valence-electron chi connectivity index (χ4n) is 3.19. The largest absolute Gasteiger partial charge is 0.334 e. The zero-order valence-corrected chi connectivity index (χ0v) is 13.9. The molecule has 6 heteroatoms. The molecule has 24 heavy (non-hydrogen) atoms. The maximum absolute atomic E-state index is 12.7. The van der Waals surface area contributed by atoms with Crippen molar-refractivity contribution < 1.29 is 4.79 Å². The van der Waals surface area contributed by atoms with Gasteiger partial charge in [0, 0.05) is 18.8 Å². The normalized spacial score (nSPS) is 17.2. The molecule has 126 valence electrons. The Kier molecular flexibility index (Phi) is 4.38. The van der Waals surface area contributed by atoms with E-state index in [9.17, 15) is 14.4 Å². The highest BCUT2D eigenvalue weighted by molar-refractivity contribution is 5.76. The van der Waals surface area contributed by atoms with E-state index in [2.05, 4.69) is 37.0 Å². The molecule has 1 fully saturated rings. The third kappa shape index (κ3) is 3.18. The van der Waals surface area contributed by atoms with Crippen LogP contribution in [-0.2, 0) is 11.3 Å². The molecule has 0 radical (unpaired) electrons. The number of nitrogens with one attached hydrogen (secondary N) is 1. The predicted octanol–water partition coefficient (Wildman–Crippen LogP) is 1.52. The third-order valence-electron chi connectivity index (χ3n) is 4.69. The molecule has 2 aromatic rings. The van der Waals surface area contributed by atoms with Crippen molar-refractivity contribution >= 4 is 5.91 Å². The Labute approximate surface area is 139 Å². The minimum atomic E-state index is -0.558. The number of hydrogen-bond donors (Lipinski definition) is 1. The van der Waals surface area contributed by atoms with Crippen molar-refractivity contribution in [2.24, 2.45) is 0 Å². The molecule has 1 saturated heterocycles. The van der Waals surface area contributed by atoms with Crippen LogP contribution in [0, 0.1) is 13.8 Å². The number of amides is 1. The van der Waals surface area contributed by atoms with E-state index < -0.39 is 11.2 Å². The number of rotatable bonds is 3. The summed E-state index contributed by atoms with van der Waals surface area (Å²) in [6, 6.07) is 7.59. The Morgan fingerprint density at radius 1 is 1.21 bits per heavy atom. The highest BCUT2D eigenvalue weighted by atomic mass is 16.2. The van der Waals surface area contributed by atoms with Gasteiger partial charge in [-0.25, -0.2) is 4.79 Å². The highest BCUT2D eigenvalue weighted by Gasteiger charge is 2.30. The summed E-state index contributed by atoms with van der Waals surface area (Å²) in [5, 5.41) is 0. The maximum Gasteiger partial charge on any atom is 0.328 e. The van der Waals surface area contributed by atoms with Crippen LogP contribution in [0.1, 0.15) is 35.6 Å². The van der Waals surface area contributed by atoms with Gasteiger partial charge in [-0.15, -0.1) is 0 Å². The molecular formula is C18H21N3O3. The Morgan fingerprint density at radius 3 is 2.71 bits per heavy atom. The van der Waals surface area contributed by atoms with Crippen molar-refractivity contribution in [3.8, 4) is 0 Å². The molecule has 1 aliphatic heterocycles. The number of H-pyrrole nitrogens is 1. The summed E-state index contributed by atoms with van der Waals surface area (Å²) < 4.78 is 1.24. The van der Waals surface area contributed by atoms with Gasteiger partial charge in [-0.05, 0) is 43.4 Å². The number of hydrogen-bond acceptors (Lipinski definition) is 3. The summed E-state index contributed by atoms with van der Waals surface area (Å²) in [7, 11) is 0. The number of aromatic nitrogens is 2. The number of benzene rings is 1. The molecule has 1 N–H and O–H groups in total. The second-order valence-electron chi connectivity index (χ2n) is 6.33. The highest BCUT2D eigenvalue weighted by Crippen LogP contribution is 2.32. The number of likely N-dealkylation sites (tertiary alicyclic amines) is 1.